The number of carboxylic acid groups (broad SMARTS) is 1. The first-order chi connectivity index (χ1) is 8.16. The van der Waals surface area contributed by atoms with E-state index in [1.807, 2.05) is 13.0 Å². The molecule has 0 bridgehead atoms. The van der Waals surface area contributed by atoms with Crippen LogP contribution in [-0.2, 0) is 11.2 Å². The molecule has 90 valence electrons. The van der Waals surface area contributed by atoms with Crippen molar-refractivity contribution in [2.24, 2.45) is 0 Å². The first-order valence-electron chi connectivity index (χ1n) is 5.25. The van der Waals surface area contributed by atoms with Crippen LogP contribution in [0.5, 0.6) is 0 Å². The van der Waals surface area contributed by atoms with Gasteiger partial charge in [-0.2, -0.15) is 0 Å². The summed E-state index contributed by atoms with van der Waals surface area (Å²) in [6, 6.07) is 1.81. The summed E-state index contributed by atoms with van der Waals surface area (Å²) in [4.78, 5) is 10.3. The van der Waals surface area contributed by atoms with E-state index in [-0.39, 0.29) is 6.42 Å². The van der Waals surface area contributed by atoms with Gasteiger partial charge in [-0.1, -0.05) is 0 Å². The Kier molecular flexibility index (Phi) is 3.22. The van der Waals surface area contributed by atoms with E-state index in [0.29, 0.717) is 30.4 Å². The topological polar surface area (TPSA) is 89.4 Å². The normalized spacial score (nSPS) is 10.6. The molecule has 0 spiro atoms. The fraction of sp³-hybridized carbons (Fsp3) is 0.364. The highest BCUT2D eigenvalue weighted by atomic mass is 16.4. The summed E-state index contributed by atoms with van der Waals surface area (Å²) in [5.74, 6) is 0.489. The largest absolute Gasteiger partial charge is 0.481 e. The van der Waals surface area contributed by atoms with Gasteiger partial charge < -0.3 is 13.9 Å². The van der Waals surface area contributed by atoms with Gasteiger partial charge in [0.1, 0.15) is 0 Å². The molecular formula is C11H12N2O4. The van der Waals surface area contributed by atoms with E-state index in [2.05, 4.69) is 10.2 Å². The highest BCUT2D eigenvalue weighted by Gasteiger charge is 2.13. The van der Waals surface area contributed by atoms with Gasteiger partial charge in [0.15, 0.2) is 5.76 Å². The summed E-state index contributed by atoms with van der Waals surface area (Å²) in [6.45, 7) is 1.88. The molecular weight excluding hydrogens is 224 g/mol. The Morgan fingerprint density at radius 3 is 2.94 bits per heavy atom. The standard InChI is InChI=1S/C11H12N2O4/c1-7-5-6-16-10(7)11-13-12-8(17-11)3-2-4-9(14)15/h5-6H,2-4H2,1H3,(H,14,15). The van der Waals surface area contributed by atoms with Gasteiger partial charge in [0.05, 0.1) is 6.26 Å². The molecule has 0 aliphatic heterocycles. The first-order valence-corrected chi connectivity index (χ1v) is 5.25. The molecule has 17 heavy (non-hydrogen) atoms. The number of aryl methyl sites for hydroxylation is 2. The minimum atomic E-state index is -0.827. The van der Waals surface area contributed by atoms with Crippen molar-refractivity contribution in [3.63, 3.8) is 0 Å². The van der Waals surface area contributed by atoms with E-state index in [9.17, 15) is 4.79 Å². The summed E-state index contributed by atoms with van der Waals surface area (Å²) in [5.41, 5.74) is 0.922. The highest BCUT2D eigenvalue weighted by Crippen LogP contribution is 2.22. The van der Waals surface area contributed by atoms with Crippen LogP contribution in [0.3, 0.4) is 0 Å². The van der Waals surface area contributed by atoms with Gasteiger partial charge in [-0.05, 0) is 19.4 Å². The third kappa shape index (κ3) is 2.72. The smallest absolute Gasteiger partial charge is 0.303 e. The van der Waals surface area contributed by atoms with Crippen molar-refractivity contribution in [2.45, 2.75) is 26.2 Å². The predicted molar refractivity (Wildman–Crippen MR) is 57.3 cm³/mol. The van der Waals surface area contributed by atoms with E-state index in [0.717, 1.165) is 5.56 Å². The molecule has 0 fully saturated rings. The predicted octanol–water partition coefficient (Wildman–Crippen LogP) is 2.05. The first kappa shape index (κ1) is 11.4. The number of carbonyl (C=O) groups is 1. The second kappa shape index (κ2) is 4.82. The lowest BCUT2D eigenvalue weighted by atomic mass is 10.2. The van der Waals surface area contributed by atoms with Crippen molar-refractivity contribution in [3.8, 4) is 11.7 Å². The zero-order chi connectivity index (χ0) is 12.3. The maximum absolute atomic E-state index is 10.3. The number of rotatable bonds is 5. The Bertz CT molecular complexity index is 515. The molecule has 2 rings (SSSR count). The van der Waals surface area contributed by atoms with Crippen LogP contribution in [0, 0.1) is 6.92 Å². The molecule has 6 heteroatoms. The van der Waals surface area contributed by atoms with E-state index in [1.165, 1.54) is 0 Å². The van der Waals surface area contributed by atoms with Crippen molar-refractivity contribution < 1.29 is 18.7 Å². The van der Waals surface area contributed by atoms with Crippen LogP contribution in [-0.4, -0.2) is 21.3 Å². The third-order valence-corrected chi connectivity index (χ3v) is 2.30. The Labute approximate surface area is 97.3 Å². The molecule has 2 aromatic rings. The zero-order valence-corrected chi connectivity index (χ0v) is 9.34. The van der Waals surface area contributed by atoms with E-state index in [4.69, 9.17) is 13.9 Å². The zero-order valence-electron chi connectivity index (χ0n) is 9.34. The van der Waals surface area contributed by atoms with Crippen molar-refractivity contribution in [3.05, 3.63) is 23.8 Å². The average molecular weight is 236 g/mol. The Morgan fingerprint density at radius 2 is 2.29 bits per heavy atom. The molecule has 6 nitrogen and oxygen atoms in total. The molecule has 0 unspecified atom stereocenters. The molecule has 0 atom stereocenters. The van der Waals surface area contributed by atoms with Crippen LogP contribution >= 0.6 is 0 Å². The van der Waals surface area contributed by atoms with Gasteiger partial charge in [0.25, 0.3) is 5.89 Å². The molecule has 0 amide bonds. The fourth-order valence-corrected chi connectivity index (χ4v) is 1.43. The van der Waals surface area contributed by atoms with E-state index in [1.54, 1.807) is 6.26 Å². The monoisotopic (exact) mass is 236 g/mol. The summed E-state index contributed by atoms with van der Waals surface area (Å²) >= 11 is 0. The SMILES string of the molecule is Cc1ccoc1-c1nnc(CCCC(=O)O)o1. The van der Waals surface area contributed by atoms with Gasteiger partial charge >= 0.3 is 5.97 Å². The molecule has 0 saturated carbocycles. The number of hydrogen-bond donors (Lipinski definition) is 1. The Hall–Kier alpha value is -2.11. The van der Waals surface area contributed by atoms with Gasteiger partial charge in [0.2, 0.25) is 5.89 Å². The second-order valence-electron chi connectivity index (χ2n) is 3.68. The van der Waals surface area contributed by atoms with Crippen LogP contribution in [0.25, 0.3) is 11.7 Å². The Morgan fingerprint density at radius 1 is 1.47 bits per heavy atom. The number of aromatic nitrogens is 2. The van der Waals surface area contributed by atoms with Gasteiger partial charge in [-0.3, -0.25) is 4.79 Å². The number of aliphatic carboxylic acids is 1. The summed E-state index contributed by atoms with van der Waals surface area (Å²) in [6.07, 6.45) is 2.59. The summed E-state index contributed by atoms with van der Waals surface area (Å²) in [7, 11) is 0. The minimum Gasteiger partial charge on any atom is -0.481 e. The average Bonchev–Trinajstić information content (AvgIpc) is 2.86. The lowest BCUT2D eigenvalue weighted by Crippen LogP contribution is -1.95. The fourth-order valence-electron chi connectivity index (χ4n) is 1.43. The van der Waals surface area contributed by atoms with Crippen molar-refractivity contribution in [2.75, 3.05) is 0 Å². The summed E-state index contributed by atoms with van der Waals surface area (Å²) in [5, 5.41) is 16.2. The molecule has 0 aromatic carbocycles. The molecule has 1 N–H and O–H groups in total. The maximum Gasteiger partial charge on any atom is 0.303 e. The lowest BCUT2D eigenvalue weighted by molar-refractivity contribution is -0.137. The third-order valence-electron chi connectivity index (χ3n) is 2.30. The van der Waals surface area contributed by atoms with Gasteiger partial charge in [0, 0.05) is 18.4 Å². The number of nitrogens with zero attached hydrogens (tertiary/aromatic N) is 2. The summed E-state index contributed by atoms with van der Waals surface area (Å²) < 4.78 is 10.6. The van der Waals surface area contributed by atoms with Crippen LogP contribution in [0.2, 0.25) is 0 Å². The number of hydrogen-bond acceptors (Lipinski definition) is 5. The van der Waals surface area contributed by atoms with Gasteiger partial charge in [-0.15, -0.1) is 10.2 Å². The van der Waals surface area contributed by atoms with Crippen LogP contribution in [0.1, 0.15) is 24.3 Å². The number of carboxylic acids is 1. The van der Waals surface area contributed by atoms with Crippen molar-refractivity contribution in [1.82, 2.24) is 10.2 Å². The molecule has 0 aliphatic carbocycles. The van der Waals surface area contributed by atoms with Crippen LogP contribution in [0.4, 0.5) is 0 Å². The molecule has 2 aromatic heterocycles. The minimum absolute atomic E-state index is 0.0947. The molecule has 0 saturated heterocycles. The van der Waals surface area contributed by atoms with Crippen LogP contribution < -0.4 is 0 Å². The molecule has 0 radical (unpaired) electrons. The van der Waals surface area contributed by atoms with Crippen molar-refractivity contribution >= 4 is 5.97 Å². The lowest BCUT2D eigenvalue weighted by Gasteiger charge is -1.92. The van der Waals surface area contributed by atoms with Crippen molar-refractivity contribution in [1.29, 1.82) is 0 Å². The van der Waals surface area contributed by atoms with Gasteiger partial charge in [-0.25, -0.2) is 0 Å². The Balaban J connectivity index is 2.01. The molecule has 2 heterocycles. The molecule has 0 aliphatic rings. The number of furan rings is 1. The van der Waals surface area contributed by atoms with Crippen LogP contribution in [0.15, 0.2) is 21.2 Å². The maximum atomic E-state index is 10.3. The highest BCUT2D eigenvalue weighted by molar-refractivity contribution is 5.66. The van der Waals surface area contributed by atoms with E-state index < -0.39 is 5.97 Å². The van der Waals surface area contributed by atoms with E-state index >= 15 is 0 Å². The quantitative estimate of drug-likeness (QED) is 0.854. The second-order valence-corrected chi connectivity index (χ2v) is 3.68.